The van der Waals surface area contributed by atoms with Crippen molar-refractivity contribution in [3.63, 3.8) is 0 Å². The van der Waals surface area contributed by atoms with E-state index in [0.717, 1.165) is 62.1 Å². The summed E-state index contributed by atoms with van der Waals surface area (Å²) in [5.74, 6) is 0.691. The second-order valence-electron chi connectivity index (χ2n) is 9.76. The summed E-state index contributed by atoms with van der Waals surface area (Å²) in [6.07, 6.45) is 2.15. The number of aromatic amines is 1. The highest BCUT2D eigenvalue weighted by Crippen LogP contribution is 2.29. The Morgan fingerprint density at radius 3 is 2.69 bits per heavy atom. The maximum Gasteiger partial charge on any atom is 0.253 e. The lowest BCUT2D eigenvalue weighted by atomic mass is 10.0. The van der Waals surface area contributed by atoms with Crippen molar-refractivity contribution in [3.8, 4) is 0 Å². The van der Waals surface area contributed by atoms with Gasteiger partial charge in [-0.25, -0.2) is 4.68 Å². The van der Waals surface area contributed by atoms with E-state index in [1.165, 1.54) is 5.69 Å². The smallest absolute Gasteiger partial charge is 0.253 e. The Morgan fingerprint density at radius 2 is 1.92 bits per heavy atom. The van der Waals surface area contributed by atoms with Gasteiger partial charge in [-0.2, -0.15) is 0 Å². The van der Waals surface area contributed by atoms with Crippen molar-refractivity contribution in [2.24, 2.45) is 0 Å². The number of fused-ring (bicyclic) bond motifs is 1. The Morgan fingerprint density at radius 1 is 1.08 bits per heavy atom. The van der Waals surface area contributed by atoms with Crippen molar-refractivity contribution in [2.45, 2.75) is 38.5 Å². The van der Waals surface area contributed by atoms with Gasteiger partial charge in [0.15, 0.2) is 5.82 Å². The lowest BCUT2D eigenvalue weighted by Crippen LogP contribution is -2.49. The first-order valence-corrected chi connectivity index (χ1v) is 12.7. The van der Waals surface area contributed by atoms with Crippen molar-refractivity contribution in [1.82, 2.24) is 30.1 Å². The van der Waals surface area contributed by atoms with Gasteiger partial charge in [0.05, 0.1) is 12.6 Å². The predicted octanol–water partition coefficient (Wildman–Crippen LogP) is 2.91. The van der Waals surface area contributed by atoms with E-state index in [1.54, 1.807) is 0 Å². The number of pyridine rings is 1. The minimum atomic E-state index is -0.354. The monoisotopic (exact) mass is 485 g/mol. The third kappa shape index (κ3) is 4.52. The quantitative estimate of drug-likeness (QED) is 0.449. The maximum atomic E-state index is 13.4. The zero-order valence-electron chi connectivity index (χ0n) is 20.5. The van der Waals surface area contributed by atoms with Gasteiger partial charge in [0.1, 0.15) is 6.04 Å². The Balaban J connectivity index is 1.37. The first-order chi connectivity index (χ1) is 17.7. The molecule has 0 aliphatic carbocycles. The van der Waals surface area contributed by atoms with Crippen molar-refractivity contribution in [2.75, 3.05) is 37.7 Å². The zero-order valence-corrected chi connectivity index (χ0v) is 20.5. The molecule has 2 aromatic carbocycles. The molecular formula is C27H31N7O2. The average molecular weight is 486 g/mol. The highest BCUT2D eigenvalue weighted by atomic mass is 16.5. The highest BCUT2D eigenvalue weighted by molar-refractivity contribution is 5.79. The third-order valence-electron chi connectivity index (χ3n) is 7.33. The molecule has 0 bridgehead atoms. The summed E-state index contributed by atoms with van der Waals surface area (Å²) in [5, 5.41) is 13.8. The topological polar surface area (TPSA) is 92.2 Å². The molecule has 0 unspecified atom stereocenters. The van der Waals surface area contributed by atoms with E-state index < -0.39 is 0 Å². The predicted molar refractivity (Wildman–Crippen MR) is 138 cm³/mol. The van der Waals surface area contributed by atoms with Gasteiger partial charge in [0.2, 0.25) is 0 Å². The van der Waals surface area contributed by atoms with E-state index >= 15 is 0 Å². The van der Waals surface area contributed by atoms with Crippen LogP contribution in [0.4, 0.5) is 5.69 Å². The van der Waals surface area contributed by atoms with E-state index in [4.69, 9.17) is 4.74 Å². The van der Waals surface area contributed by atoms with E-state index in [9.17, 15) is 4.79 Å². The van der Waals surface area contributed by atoms with Gasteiger partial charge in [-0.3, -0.25) is 9.69 Å². The molecule has 2 aromatic heterocycles. The number of benzene rings is 2. The van der Waals surface area contributed by atoms with Crippen molar-refractivity contribution >= 4 is 16.6 Å². The van der Waals surface area contributed by atoms with Gasteiger partial charge in [-0.15, -0.1) is 5.10 Å². The van der Waals surface area contributed by atoms with Crippen LogP contribution in [0, 0.1) is 6.92 Å². The molecule has 4 heterocycles. The van der Waals surface area contributed by atoms with Crippen molar-refractivity contribution in [3.05, 3.63) is 81.9 Å². The fourth-order valence-electron chi connectivity index (χ4n) is 5.44. The van der Waals surface area contributed by atoms with Crippen molar-refractivity contribution < 1.29 is 4.74 Å². The second kappa shape index (κ2) is 9.83. The number of hydrogen-bond donors (Lipinski definition) is 1. The molecule has 186 valence electrons. The molecule has 0 spiro atoms. The third-order valence-corrected chi connectivity index (χ3v) is 7.33. The van der Waals surface area contributed by atoms with Gasteiger partial charge < -0.3 is 14.6 Å². The molecule has 2 atom stereocenters. The van der Waals surface area contributed by atoms with Crippen LogP contribution in [0.2, 0.25) is 0 Å². The normalized spacial score (nSPS) is 19.7. The number of tetrazole rings is 1. The van der Waals surface area contributed by atoms with E-state index in [-0.39, 0.29) is 17.7 Å². The van der Waals surface area contributed by atoms with E-state index in [2.05, 4.69) is 67.6 Å². The fourth-order valence-corrected chi connectivity index (χ4v) is 5.44. The van der Waals surface area contributed by atoms with E-state index in [0.29, 0.717) is 17.9 Å². The molecule has 0 radical (unpaired) electrons. The van der Waals surface area contributed by atoms with Crippen LogP contribution >= 0.6 is 0 Å². The number of nitrogens with zero attached hydrogens (tertiary/aromatic N) is 6. The molecule has 9 nitrogen and oxygen atoms in total. The Kier molecular flexibility index (Phi) is 6.25. The van der Waals surface area contributed by atoms with Crippen LogP contribution in [-0.2, 0) is 11.3 Å². The summed E-state index contributed by atoms with van der Waals surface area (Å²) in [4.78, 5) is 21.3. The lowest BCUT2D eigenvalue weighted by molar-refractivity contribution is 0.0906. The zero-order chi connectivity index (χ0) is 24.5. The molecule has 2 fully saturated rings. The van der Waals surface area contributed by atoms with Crippen LogP contribution in [-0.4, -0.2) is 69.0 Å². The highest BCUT2D eigenvalue weighted by Gasteiger charge is 2.33. The minimum absolute atomic E-state index is 0.0976. The van der Waals surface area contributed by atoms with Crippen LogP contribution in [0.15, 0.2) is 59.4 Å². The number of anilines is 1. The molecule has 9 heteroatoms. The largest absolute Gasteiger partial charge is 0.376 e. The van der Waals surface area contributed by atoms with Crippen LogP contribution in [0.1, 0.15) is 35.8 Å². The Labute approximate surface area is 209 Å². The summed E-state index contributed by atoms with van der Waals surface area (Å²) in [6, 6.07) is 18.2. The molecular weight excluding hydrogens is 454 g/mol. The minimum Gasteiger partial charge on any atom is -0.376 e. The Hall–Kier alpha value is -3.56. The van der Waals surface area contributed by atoms with Gasteiger partial charge in [0.25, 0.3) is 5.56 Å². The number of aromatic nitrogens is 5. The van der Waals surface area contributed by atoms with Crippen LogP contribution in [0.3, 0.4) is 0 Å². The number of piperazine rings is 1. The SMILES string of the molecule is Cc1ccc2[nH]c(=O)c([C@H](c3nnnn3C[C@H]3CCCO3)N3CCN(c4ccccc4)CC3)cc2c1. The number of aryl methyl sites for hydroxylation is 1. The number of ether oxygens (including phenoxy) is 1. The maximum absolute atomic E-state index is 13.4. The fraction of sp³-hybridized carbons (Fsp3) is 0.407. The first kappa shape index (κ1) is 22.9. The lowest BCUT2D eigenvalue weighted by Gasteiger charge is -2.39. The van der Waals surface area contributed by atoms with Crippen LogP contribution in [0.25, 0.3) is 10.9 Å². The molecule has 4 aromatic rings. The van der Waals surface area contributed by atoms with E-state index in [1.807, 2.05) is 28.9 Å². The molecule has 0 saturated carbocycles. The number of nitrogens with one attached hydrogen (secondary N) is 1. The average Bonchev–Trinajstić information content (AvgIpc) is 3.59. The molecule has 2 aliphatic heterocycles. The molecule has 2 aliphatic rings. The molecule has 0 amide bonds. The molecule has 6 rings (SSSR count). The second-order valence-corrected chi connectivity index (χ2v) is 9.76. The van der Waals surface area contributed by atoms with Gasteiger partial charge >= 0.3 is 0 Å². The molecule has 1 N–H and O–H groups in total. The molecule has 36 heavy (non-hydrogen) atoms. The van der Waals surface area contributed by atoms with Crippen molar-refractivity contribution in [1.29, 1.82) is 0 Å². The first-order valence-electron chi connectivity index (χ1n) is 12.7. The summed E-state index contributed by atoms with van der Waals surface area (Å²) in [6.45, 7) is 6.73. The summed E-state index contributed by atoms with van der Waals surface area (Å²) >= 11 is 0. The molecule has 2 saturated heterocycles. The standard InChI is InChI=1S/C27H31N7O2/c1-19-9-10-24-20(16-19)17-23(27(35)28-24)25(26-29-30-31-34(26)18-22-8-5-15-36-22)33-13-11-32(12-14-33)21-6-3-2-4-7-21/h2-4,6-7,9-10,16-17,22,25H,5,8,11-15,18H2,1H3,(H,28,35)/t22-,25-/m1/s1. The van der Waals surface area contributed by atoms with Gasteiger partial charge in [0, 0.05) is 49.6 Å². The summed E-state index contributed by atoms with van der Waals surface area (Å²) < 4.78 is 7.70. The summed E-state index contributed by atoms with van der Waals surface area (Å²) in [5.41, 5.74) is 3.77. The number of rotatable bonds is 6. The van der Waals surface area contributed by atoms with Gasteiger partial charge in [-0.05, 0) is 65.9 Å². The Bertz CT molecular complexity index is 1390. The van der Waals surface area contributed by atoms with Gasteiger partial charge in [-0.1, -0.05) is 29.8 Å². The summed E-state index contributed by atoms with van der Waals surface area (Å²) in [7, 11) is 0. The number of hydrogen-bond acceptors (Lipinski definition) is 7. The number of H-pyrrole nitrogens is 1. The van der Waals surface area contributed by atoms with Crippen LogP contribution in [0.5, 0.6) is 0 Å². The van der Waals surface area contributed by atoms with Crippen LogP contribution < -0.4 is 10.5 Å². The number of para-hydroxylation sites is 1.